The van der Waals surface area contributed by atoms with E-state index in [-0.39, 0.29) is 11.5 Å². The summed E-state index contributed by atoms with van der Waals surface area (Å²) < 4.78 is 4.68. The zero-order valence-electron chi connectivity index (χ0n) is 11.0. The van der Waals surface area contributed by atoms with Gasteiger partial charge in [-0.15, -0.1) is 0 Å². The van der Waals surface area contributed by atoms with Crippen LogP contribution in [0.2, 0.25) is 0 Å². The van der Waals surface area contributed by atoms with E-state index in [1.165, 1.54) is 25.4 Å². The Morgan fingerprint density at radius 1 is 1.32 bits per heavy atom. The van der Waals surface area contributed by atoms with E-state index in [1.807, 2.05) is 11.8 Å². The van der Waals surface area contributed by atoms with Crippen LogP contribution in [0.4, 0.5) is 5.13 Å². The van der Waals surface area contributed by atoms with Gasteiger partial charge in [0.1, 0.15) is 4.88 Å². The van der Waals surface area contributed by atoms with E-state index < -0.39 is 5.97 Å². The molecule has 0 aromatic carbocycles. The molecule has 0 aliphatic carbocycles. The van der Waals surface area contributed by atoms with Gasteiger partial charge < -0.3 is 9.64 Å². The Bertz CT molecular complexity index is 479. The number of anilines is 1. The van der Waals surface area contributed by atoms with E-state index in [0.29, 0.717) is 4.88 Å². The molecule has 7 heteroatoms. The molecule has 0 bridgehead atoms. The third-order valence-corrected chi connectivity index (χ3v) is 5.07. The minimum atomic E-state index is -0.545. The molecule has 1 aromatic heterocycles. The Labute approximate surface area is 120 Å². The third kappa shape index (κ3) is 3.27. The minimum Gasteiger partial charge on any atom is -0.464 e. The molecule has 1 aliphatic heterocycles. The smallest absolute Gasteiger partial charge is 0.358 e. The molecule has 0 unspecified atom stereocenters. The number of hydrogen-bond acceptors (Lipinski definition) is 7. The van der Waals surface area contributed by atoms with Gasteiger partial charge in [-0.25, -0.2) is 9.78 Å². The number of nitrogens with zero attached hydrogens (tertiary/aromatic N) is 2. The fourth-order valence-electron chi connectivity index (χ4n) is 1.86. The summed E-state index contributed by atoms with van der Waals surface area (Å²) in [6.45, 7) is 3.26. The highest BCUT2D eigenvalue weighted by Gasteiger charge is 2.24. The van der Waals surface area contributed by atoms with Gasteiger partial charge in [0.25, 0.3) is 0 Å². The van der Waals surface area contributed by atoms with Crippen molar-refractivity contribution in [3.63, 3.8) is 0 Å². The van der Waals surface area contributed by atoms with Gasteiger partial charge in [0, 0.05) is 25.8 Å². The first-order valence-corrected chi connectivity index (χ1v) is 8.03. The van der Waals surface area contributed by atoms with Gasteiger partial charge >= 0.3 is 5.97 Å². The van der Waals surface area contributed by atoms with Crippen LogP contribution in [0, 0.1) is 0 Å². The van der Waals surface area contributed by atoms with Crippen molar-refractivity contribution in [1.29, 1.82) is 0 Å². The number of rotatable bonds is 3. The first-order valence-electron chi connectivity index (χ1n) is 6.06. The van der Waals surface area contributed by atoms with Crippen LogP contribution in [0.25, 0.3) is 0 Å². The maximum Gasteiger partial charge on any atom is 0.358 e. The van der Waals surface area contributed by atoms with Crippen molar-refractivity contribution >= 4 is 40.0 Å². The Balaban J connectivity index is 2.30. The molecule has 2 heterocycles. The molecule has 0 atom stereocenters. The average Bonchev–Trinajstić information content (AvgIpc) is 2.67. The molecule has 104 valence electrons. The second-order valence-corrected chi connectivity index (χ2v) is 6.38. The fraction of sp³-hybridized carbons (Fsp3) is 0.583. The molecule has 0 saturated carbocycles. The van der Waals surface area contributed by atoms with Crippen molar-refractivity contribution in [2.24, 2.45) is 0 Å². The quantitative estimate of drug-likeness (QED) is 0.629. The Kier molecular flexibility index (Phi) is 4.81. The zero-order valence-corrected chi connectivity index (χ0v) is 12.6. The number of aromatic nitrogens is 1. The largest absolute Gasteiger partial charge is 0.464 e. The molecule has 0 amide bonds. The summed E-state index contributed by atoms with van der Waals surface area (Å²) in [5, 5.41) is 0.744. The molecule has 1 aromatic rings. The number of ketones is 1. The molecule has 1 aliphatic rings. The van der Waals surface area contributed by atoms with E-state index in [9.17, 15) is 9.59 Å². The number of Topliss-reactive ketones (excluding diaryl/α,β-unsaturated/α-hetero) is 1. The summed E-state index contributed by atoms with van der Waals surface area (Å²) in [5.41, 5.74) is 0.145. The van der Waals surface area contributed by atoms with Crippen LogP contribution in [-0.4, -0.2) is 48.4 Å². The van der Waals surface area contributed by atoms with Crippen LogP contribution in [0.1, 0.15) is 33.5 Å². The lowest BCUT2D eigenvalue weighted by molar-refractivity contribution is 0.0591. The number of carbonyl (C=O) groups excluding carboxylic acids is 2. The summed E-state index contributed by atoms with van der Waals surface area (Å²) in [4.78, 5) is 30.1. The van der Waals surface area contributed by atoms with Gasteiger partial charge in [0.2, 0.25) is 0 Å². The van der Waals surface area contributed by atoms with Gasteiger partial charge in [-0.3, -0.25) is 4.79 Å². The highest BCUT2D eigenvalue weighted by molar-refractivity contribution is 7.99. The average molecular weight is 300 g/mol. The predicted molar refractivity (Wildman–Crippen MR) is 77.6 cm³/mol. The maximum absolute atomic E-state index is 11.6. The van der Waals surface area contributed by atoms with E-state index in [1.54, 1.807) is 0 Å². The lowest BCUT2D eigenvalue weighted by Gasteiger charge is -2.18. The number of hydrogen-bond donors (Lipinski definition) is 0. The first kappa shape index (κ1) is 14.3. The van der Waals surface area contributed by atoms with Crippen LogP contribution < -0.4 is 4.90 Å². The lowest BCUT2D eigenvalue weighted by atomic mass is 10.3. The minimum absolute atomic E-state index is 0.145. The standard InChI is InChI=1S/C12H16N2O3S2/c1-8(15)10-9(11(16)17-2)13-12(19-10)14-4-3-6-18-7-5-14/h3-7H2,1-2H3. The highest BCUT2D eigenvalue weighted by atomic mass is 32.2. The third-order valence-electron chi connectivity index (χ3n) is 2.81. The lowest BCUT2D eigenvalue weighted by Crippen LogP contribution is -2.25. The van der Waals surface area contributed by atoms with Gasteiger partial charge in [0.15, 0.2) is 16.6 Å². The first-order chi connectivity index (χ1) is 9.13. The topological polar surface area (TPSA) is 59.5 Å². The molecule has 0 spiro atoms. The van der Waals surface area contributed by atoms with Crippen molar-refractivity contribution in [1.82, 2.24) is 4.98 Å². The molecular formula is C12H16N2O3S2. The molecular weight excluding hydrogens is 284 g/mol. The summed E-state index contributed by atoms with van der Waals surface area (Å²) in [5.74, 6) is 1.50. The van der Waals surface area contributed by atoms with Crippen molar-refractivity contribution in [3.8, 4) is 0 Å². The second kappa shape index (κ2) is 6.38. The molecule has 1 fully saturated rings. The molecule has 0 N–H and O–H groups in total. The number of esters is 1. The molecule has 19 heavy (non-hydrogen) atoms. The van der Waals surface area contributed by atoms with Crippen LogP contribution in [0.15, 0.2) is 0 Å². The van der Waals surface area contributed by atoms with Crippen LogP contribution >= 0.6 is 23.1 Å². The number of carbonyl (C=O) groups is 2. The van der Waals surface area contributed by atoms with Crippen LogP contribution in [0.5, 0.6) is 0 Å². The van der Waals surface area contributed by atoms with Gasteiger partial charge in [-0.05, 0) is 12.2 Å². The Hall–Kier alpha value is -1.08. The monoisotopic (exact) mass is 300 g/mol. The fourth-order valence-corrected chi connectivity index (χ4v) is 3.74. The van der Waals surface area contributed by atoms with Crippen molar-refractivity contribution in [2.45, 2.75) is 13.3 Å². The van der Waals surface area contributed by atoms with Gasteiger partial charge in [-0.2, -0.15) is 11.8 Å². The summed E-state index contributed by atoms with van der Waals surface area (Å²) in [6, 6.07) is 0. The highest BCUT2D eigenvalue weighted by Crippen LogP contribution is 2.28. The molecule has 0 radical (unpaired) electrons. The molecule has 2 rings (SSSR count). The number of ether oxygens (including phenoxy) is 1. The van der Waals surface area contributed by atoms with Crippen LogP contribution in [-0.2, 0) is 4.74 Å². The zero-order chi connectivity index (χ0) is 13.8. The normalized spacial score (nSPS) is 16.0. The summed E-state index contributed by atoms with van der Waals surface area (Å²) >= 11 is 3.20. The number of methoxy groups -OCH3 is 1. The second-order valence-electron chi connectivity index (χ2n) is 4.17. The molecule has 5 nitrogen and oxygen atoms in total. The SMILES string of the molecule is COC(=O)c1nc(N2CCCSCC2)sc1C(C)=O. The summed E-state index contributed by atoms with van der Waals surface area (Å²) in [6.07, 6.45) is 1.09. The Morgan fingerprint density at radius 2 is 2.11 bits per heavy atom. The van der Waals surface area contributed by atoms with E-state index >= 15 is 0 Å². The summed E-state index contributed by atoms with van der Waals surface area (Å²) in [7, 11) is 1.30. The predicted octanol–water partition coefficient (Wildman–Crippen LogP) is 2.08. The van der Waals surface area contributed by atoms with Crippen molar-refractivity contribution in [3.05, 3.63) is 10.6 Å². The Morgan fingerprint density at radius 3 is 2.79 bits per heavy atom. The van der Waals surface area contributed by atoms with E-state index in [4.69, 9.17) is 0 Å². The van der Waals surface area contributed by atoms with E-state index in [0.717, 1.165) is 36.1 Å². The molecule has 1 saturated heterocycles. The van der Waals surface area contributed by atoms with Crippen molar-refractivity contribution < 1.29 is 14.3 Å². The number of thioether (sulfide) groups is 1. The van der Waals surface area contributed by atoms with E-state index in [2.05, 4.69) is 14.6 Å². The van der Waals surface area contributed by atoms with Crippen molar-refractivity contribution in [2.75, 3.05) is 36.6 Å². The van der Waals surface area contributed by atoms with Gasteiger partial charge in [-0.1, -0.05) is 11.3 Å². The van der Waals surface area contributed by atoms with Crippen LogP contribution in [0.3, 0.4) is 0 Å². The number of thiazole rings is 1. The maximum atomic E-state index is 11.6. The van der Waals surface area contributed by atoms with Gasteiger partial charge in [0.05, 0.1) is 7.11 Å².